The minimum absolute atomic E-state index is 0.107. The summed E-state index contributed by atoms with van der Waals surface area (Å²) in [6.07, 6.45) is -7.17. The minimum Gasteiger partial charge on any atom is -0.504 e. The van der Waals surface area contributed by atoms with Gasteiger partial charge in [0.1, 0.15) is 30.2 Å². The summed E-state index contributed by atoms with van der Waals surface area (Å²) in [4.78, 5) is 11.3. The Morgan fingerprint density at radius 1 is 1.04 bits per heavy atom. The summed E-state index contributed by atoms with van der Waals surface area (Å²) < 4.78 is 15.7. The molecule has 5 unspecified atom stereocenters. The van der Waals surface area contributed by atoms with Gasteiger partial charge in [0.25, 0.3) is 0 Å². The molecule has 1 aromatic heterocycles. The average Bonchev–Trinajstić information content (AvgIpc) is 2.57. The standard InChI is InChI=1S/C15H16O9/c16-5-9-11(19)12(20)13(21)15(23-9)22-8-3-2-7(17)14-6(8)1-4-10(18)24-14/h1-4,9,11-13,15-17,19-21H,5H2. The molecule has 0 aliphatic carbocycles. The molecule has 130 valence electrons. The first kappa shape index (κ1) is 16.7. The molecule has 0 amide bonds. The maximum Gasteiger partial charge on any atom is 0.336 e. The molecule has 0 saturated carbocycles. The number of fused-ring (bicyclic) bond motifs is 1. The van der Waals surface area contributed by atoms with E-state index < -0.39 is 42.9 Å². The van der Waals surface area contributed by atoms with Gasteiger partial charge in [-0.15, -0.1) is 0 Å². The molecule has 0 spiro atoms. The fourth-order valence-electron chi connectivity index (χ4n) is 2.51. The lowest BCUT2D eigenvalue weighted by Gasteiger charge is -2.39. The predicted octanol–water partition coefficient (Wildman–Crippen LogP) is -1.32. The summed E-state index contributed by atoms with van der Waals surface area (Å²) in [5.41, 5.74) is -0.771. The van der Waals surface area contributed by atoms with Crippen LogP contribution in [-0.4, -0.2) is 62.8 Å². The Bertz CT molecular complexity index is 784. The summed E-state index contributed by atoms with van der Waals surface area (Å²) in [6, 6.07) is 5.08. The van der Waals surface area contributed by atoms with Gasteiger partial charge in [-0.2, -0.15) is 0 Å². The van der Waals surface area contributed by atoms with E-state index >= 15 is 0 Å². The van der Waals surface area contributed by atoms with Gasteiger partial charge < -0.3 is 39.4 Å². The normalized spacial score (nSPS) is 30.4. The van der Waals surface area contributed by atoms with E-state index in [2.05, 4.69) is 0 Å². The molecule has 2 heterocycles. The van der Waals surface area contributed by atoms with Gasteiger partial charge in [0, 0.05) is 6.07 Å². The first-order chi connectivity index (χ1) is 11.4. The van der Waals surface area contributed by atoms with Crippen molar-refractivity contribution in [3.63, 3.8) is 0 Å². The largest absolute Gasteiger partial charge is 0.504 e. The van der Waals surface area contributed by atoms with Crippen molar-refractivity contribution in [1.82, 2.24) is 0 Å². The number of hydrogen-bond acceptors (Lipinski definition) is 9. The number of benzene rings is 1. The van der Waals surface area contributed by atoms with Crippen LogP contribution in [0.3, 0.4) is 0 Å². The number of hydrogen-bond donors (Lipinski definition) is 5. The molecule has 1 saturated heterocycles. The number of phenols is 1. The highest BCUT2D eigenvalue weighted by atomic mass is 16.7. The summed E-state index contributed by atoms with van der Waals surface area (Å²) in [5.74, 6) is -0.167. The van der Waals surface area contributed by atoms with Crippen LogP contribution >= 0.6 is 0 Å². The van der Waals surface area contributed by atoms with Crippen molar-refractivity contribution >= 4 is 11.0 Å². The molecule has 5 N–H and O–H groups in total. The van der Waals surface area contributed by atoms with Crippen LogP contribution in [0.25, 0.3) is 11.0 Å². The van der Waals surface area contributed by atoms with Crippen LogP contribution in [0.2, 0.25) is 0 Å². The highest BCUT2D eigenvalue weighted by Gasteiger charge is 2.44. The van der Waals surface area contributed by atoms with Gasteiger partial charge in [0.2, 0.25) is 6.29 Å². The van der Waals surface area contributed by atoms with Gasteiger partial charge in [-0.05, 0) is 18.2 Å². The Balaban J connectivity index is 1.95. The van der Waals surface area contributed by atoms with Crippen LogP contribution in [0.15, 0.2) is 33.5 Å². The van der Waals surface area contributed by atoms with Crippen LogP contribution in [0.4, 0.5) is 0 Å². The Labute approximate surface area is 134 Å². The monoisotopic (exact) mass is 340 g/mol. The summed E-state index contributed by atoms with van der Waals surface area (Å²) in [7, 11) is 0. The summed E-state index contributed by atoms with van der Waals surface area (Å²) in [6.45, 7) is -0.587. The number of aromatic hydroxyl groups is 1. The number of ether oxygens (including phenoxy) is 2. The van der Waals surface area contributed by atoms with E-state index in [0.29, 0.717) is 0 Å². The minimum atomic E-state index is -1.58. The lowest BCUT2D eigenvalue weighted by molar-refractivity contribution is -0.277. The zero-order valence-corrected chi connectivity index (χ0v) is 12.3. The van der Waals surface area contributed by atoms with Crippen LogP contribution in [0.1, 0.15) is 0 Å². The van der Waals surface area contributed by atoms with Gasteiger partial charge >= 0.3 is 5.63 Å². The van der Waals surface area contributed by atoms with Gasteiger partial charge in [0.05, 0.1) is 12.0 Å². The molecule has 24 heavy (non-hydrogen) atoms. The van der Waals surface area contributed by atoms with E-state index in [9.17, 15) is 30.3 Å². The molecule has 1 aromatic carbocycles. The average molecular weight is 340 g/mol. The van der Waals surface area contributed by atoms with Crippen molar-refractivity contribution < 1.29 is 39.4 Å². The second-order valence-corrected chi connectivity index (χ2v) is 5.40. The molecule has 9 heteroatoms. The van der Waals surface area contributed by atoms with E-state index in [1.54, 1.807) is 0 Å². The Morgan fingerprint density at radius 2 is 1.79 bits per heavy atom. The number of aliphatic hydroxyl groups is 4. The van der Waals surface area contributed by atoms with Gasteiger partial charge in [-0.1, -0.05) is 0 Å². The molecule has 1 aliphatic rings. The van der Waals surface area contributed by atoms with Crippen LogP contribution < -0.4 is 10.4 Å². The Kier molecular flexibility index (Phi) is 4.43. The van der Waals surface area contributed by atoms with E-state index in [1.807, 2.05) is 0 Å². The number of phenolic OH excluding ortho intramolecular Hbond substituents is 1. The lowest BCUT2D eigenvalue weighted by Crippen LogP contribution is -2.60. The molecule has 0 bridgehead atoms. The van der Waals surface area contributed by atoms with E-state index in [-0.39, 0.29) is 22.5 Å². The van der Waals surface area contributed by atoms with Gasteiger partial charge in [0.15, 0.2) is 11.3 Å². The van der Waals surface area contributed by atoms with Crippen molar-refractivity contribution in [2.24, 2.45) is 0 Å². The molecule has 1 fully saturated rings. The van der Waals surface area contributed by atoms with Gasteiger partial charge in [-0.3, -0.25) is 0 Å². The van der Waals surface area contributed by atoms with E-state index in [1.165, 1.54) is 18.2 Å². The maximum atomic E-state index is 11.3. The molecule has 0 radical (unpaired) electrons. The first-order valence-corrected chi connectivity index (χ1v) is 7.15. The Morgan fingerprint density at radius 3 is 2.50 bits per heavy atom. The van der Waals surface area contributed by atoms with E-state index in [4.69, 9.17) is 13.9 Å². The molecular formula is C15H16O9. The number of rotatable bonds is 3. The lowest BCUT2D eigenvalue weighted by atomic mass is 9.99. The third-order valence-electron chi connectivity index (χ3n) is 3.82. The van der Waals surface area contributed by atoms with Crippen molar-refractivity contribution in [2.45, 2.75) is 30.7 Å². The van der Waals surface area contributed by atoms with Crippen LogP contribution in [0.5, 0.6) is 11.5 Å². The molecule has 1 aliphatic heterocycles. The fraction of sp³-hybridized carbons (Fsp3) is 0.400. The fourth-order valence-corrected chi connectivity index (χ4v) is 2.51. The first-order valence-electron chi connectivity index (χ1n) is 7.15. The third-order valence-corrected chi connectivity index (χ3v) is 3.82. The SMILES string of the molecule is O=c1ccc2c(OC3OC(CO)C(O)C(O)C3O)ccc(O)c2o1. The van der Waals surface area contributed by atoms with Gasteiger partial charge in [-0.25, -0.2) is 4.79 Å². The van der Waals surface area contributed by atoms with Crippen LogP contribution in [0, 0.1) is 0 Å². The van der Waals surface area contributed by atoms with Crippen molar-refractivity contribution in [3.05, 3.63) is 34.7 Å². The summed E-state index contributed by atoms with van der Waals surface area (Å²) >= 11 is 0. The second kappa shape index (κ2) is 6.38. The highest BCUT2D eigenvalue weighted by Crippen LogP contribution is 2.33. The van der Waals surface area contributed by atoms with Crippen molar-refractivity contribution in [1.29, 1.82) is 0 Å². The molecule has 3 rings (SSSR count). The zero-order chi connectivity index (χ0) is 17.4. The van der Waals surface area contributed by atoms with E-state index in [0.717, 1.165) is 6.07 Å². The highest BCUT2D eigenvalue weighted by molar-refractivity contribution is 5.87. The molecule has 9 nitrogen and oxygen atoms in total. The summed E-state index contributed by atoms with van der Waals surface area (Å²) in [5, 5.41) is 48.7. The second-order valence-electron chi connectivity index (χ2n) is 5.40. The molecule has 2 aromatic rings. The third kappa shape index (κ3) is 2.83. The smallest absolute Gasteiger partial charge is 0.336 e. The molecular weight excluding hydrogens is 324 g/mol. The van der Waals surface area contributed by atoms with Crippen molar-refractivity contribution in [2.75, 3.05) is 6.61 Å². The maximum absolute atomic E-state index is 11.3. The number of aliphatic hydroxyl groups excluding tert-OH is 4. The zero-order valence-electron chi connectivity index (χ0n) is 12.3. The van der Waals surface area contributed by atoms with Crippen molar-refractivity contribution in [3.8, 4) is 11.5 Å². The molecule has 5 atom stereocenters. The van der Waals surface area contributed by atoms with Crippen LogP contribution in [-0.2, 0) is 4.74 Å². The quantitative estimate of drug-likeness (QED) is 0.429. The topological polar surface area (TPSA) is 150 Å². The Hall–Kier alpha value is -2.17. The predicted molar refractivity (Wildman–Crippen MR) is 78.5 cm³/mol.